The van der Waals surface area contributed by atoms with Gasteiger partial charge in [0.2, 0.25) is 0 Å². The molecule has 32 heteroatoms. The first-order valence-corrected chi connectivity index (χ1v) is 21.0. The van der Waals surface area contributed by atoms with Crippen LogP contribution in [0.2, 0.25) is 0 Å². The second-order valence-electron chi connectivity index (χ2n) is 15.0. The first-order chi connectivity index (χ1) is 37.7. The van der Waals surface area contributed by atoms with Crippen LogP contribution in [0, 0.1) is 93.1 Å². The van der Waals surface area contributed by atoms with Crippen LogP contribution in [0.25, 0.3) is 43.6 Å². The van der Waals surface area contributed by atoms with Crippen molar-refractivity contribution >= 4 is 67.5 Å². The molecule has 0 amide bonds. The van der Waals surface area contributed by atoms with Crippen molar-refractivity contribution in [2.45, 2.75) is 0 Å². The Morgan fingerprint density at radius 1 is 0.274 bits per heavy atom. The van der Waals surface area contributed by atoms with Crippen LogP contribution in [-0.2, 0) is 34.1 Å². The number of nitrogens with zero attached hydrogens (tertiary/aromatic N) is 4. The Morgan fingerprint density at radius 2 is 0.440 bits per heavy atom. The number of hydrogen-bond donors (Lipinski definition) is 0. The molecule has 2 radical (unpaired) electrons. The molecule has 0 saturated carbocycles. The normalized spacial score (nSPS) is 9.90. The number of carboxylic acid groups (broad SMARTS) is 4. The summed E-state index contributed by atoms with van der Waals surface area (Å²) in [4.78, 5) is 57.5. The van der Waals surface area contributed by atoms with Crippen molar-refractivity contribution in [1.82, 2.24) is 19.9 Å². The van der Waals surface area contributed by atoms with Crippen molar-refractivity contribution in [2.75, 3.05) is 0 Å². The summed E-state index contributed by atoms with van der Waals surface area (Å²) in [6.45, 7) is 0. The Hall–Kier alpha value is -9.32. The number of rotatable bonds is 4. The van der Waals surface area contributed by atoms with Crippen LogP contribution >= 0.6 is 0 Å². The molecule has 446 valence electrons. The van der Waals surface area contributed by atoms with Crippen molar-refractivity contribution < 1.29 is 155 Å². The van der Waals surface area contributed by atoms with Crippen LogP contribution < -0.4 is 20.4 Å². The van der Waals surface area contributed by atoms with E-state index in [0.29, 0.717) is 0 Å². The first kappa shape index (κ1) is 72.7. The Balaban J connectivity index is 0.000000500. The maximum Gasteiger partial charge on any atom is 2.00 e. The molecule has 10 aromatic rings. The molecule has 0 aliphatic rings. The summed E-state index contributed by atoms with van der Waals surface area (Å²) < 4.78 is 197. The van der Waals surface area contributed by atoms with Crippen molar-refractivity contribution in [2.24, 2.45) is 0 Å². The summed E-state index contributed by atoms with van der Waals surface area (Å²) in [7, 11) is 0. The number of fused-ring (bicyclic) bond motifs is 6. The minimum atomic E-state index is -2.17. The number of carbonyl (C=O) groups excluding carboxylic acids is 4. The van der Waals surface area contributed by atoms with Gasteiger partial charge in [-0.25, -0.2) is 70.2 Å². The summed E-state index contributed by atoms with van der Waals surface area (Å²) >= 11 is 0. The molecular weight excluding hydrogens is 1270 g/mol. The average Bonchev–Trinajstić information content (AvgIpc) is 3.57. The number of aromatic nitrogens is 4. The third-order valence-electron chi connectivity index (χ3n) is 9.98. The summed E-state index contributed by atoms with van der Waals surface area (Å²) in [5.41, 5.74) is -1.49. The molecule has 0 saturated heterocycles. The molecule has 0 atom stereocenters. The monoisotopic (exact) mass is 1290 g/mol. The van der Waals surface area contributed by atoms with E-state index in [1.165, 1.54) is 0 Å². The fraction of sp³-hybridized carbons (Fsp3) is 0. The fourth-order valence-corrected chi connectivity index (χ4v) is 6.25. The smallest absolute Gasteiger partial charge is 0.545 e. The maximum atomic E-state index is 12.5. The summed E-state index contributed by atoms with van der Waals surface area (Å²) in [5.74, 6) is -40.4. The van der Waals surface area contributed by atoms with Gasteiger partial charge in [-0.3, -0.25) is 19.9 Å². The molecule has 6 aromatic carbocycles. The van der Waals surface area contributed by atoms with E-state index in [-0.39, 0.29) is 69.4 Å². The molecule has 10 rings (SSSR count). The molecule has 0 fully saturated rings. The van der Waals surface area contributed by atoms with Gasteiger partial charge in [0.25, 0.3) is 0 Å². The van der Waals surface area contributed by atoms with Gasteiger partial charge in [0, 0.05) is 68.6 Å². The van der Waals surface area contributed by atoms with Crippen LogP contribution in [0.3, 0.4) is 0 Å². The van der Waals surface area contributed by atoms with Gasteiger partial charge < -0.3 is 50.6 Å². The number of halogens is 16. The molecule has 4 aromatic heterocycles. The first-order valence-electron chi connectivity index (χ1n) is 21.0. The molecule has 0 aliphatic heterocycles. The van der Waals surface area contributed by atoms with Crippen LogP contribution in [-0.4, -0.2) is 54.8 Å². The predicted molar refractivity (Wildman–Crippen MR) is 244 cm³/mol. The van der Waals surface area contributed by atoms with Crippen LogP contribution in [0.5, 0.6) is 0 Å². The summed E-state index contributed by atoms with van der Waals surface area (Å²) in [5, 5.41) is 44.7. The van der Waals surface area contributed by atoms with Gasteiger partial charge in [-0.15, -0.1) is 0 Å². The van der Waals surface area contributed by atoms with Gasteiger partial charge in [-0.2, -0.15) is 0 Å². The fourth-order valence-electron chi connectivity index (χ4n) is 6.25. The van der Waals surface area contributed by atoms with E-state index >= 15 is 0 Å². The van der Waals surface area contributed by atoms with Crippen LogP contribution in [0.1, 0.15) is 41.4 Å². The third-order valence-corrected chi connectivity index (χ3v) is 9.98. The number of benzene rings is 6. The number of pyridine rings is 4. The molecular formula is C52H24Cu2F16N4O10. The van der Waals surface area contributed by atoms with Gasteiger partial charge in [0.15, 0.2) is 93.1 Å². The summed E-state index contributed by atoms with van der Waals surface area (Å²) in [6, 6.07) is 24.3. The van der Waals surface area contributed by atoms with Crippen molar-refractivity contribution in [3.8, 4) is 0 Å². The number of aromatic carboxylic acids is 4. The zero-order valence-electron chi connectivity index (χ0n) is 40.3. The van der Waals surface area contributed by atoms with E-state index in [1.807, 2.05) is 24.3 Å². The van der Waals surface area contributed by atoms with E-state index < -0.39 is 139 Å². The van der Waals surface area contributed by atoms with Crippen molar-refractivity contribution in [3.05, 3.63) is 237 Å². The number of carboxylic acids is 4. The SMILES string of the molecule is O.O.O=C([O-])c1cc(F)c(F)c(F)c1F.O=C([O-])c1cc(F)c(F)c(F)c1F.O=C([O-])c1cc(F)c(F)c(F)c1F.O=C([O-])c1cc(F)c(F)c(F)c1F.[Cu+2].[Cu+2].c1cnc2c(c1)ccc1cccnc12.c1cnc2c(c1)ccc1cccnc12. The number of hydrogen-bond acceptors (Lipinski definition) is 12. The molecule has 0 unspecified atom stereocenters. The van der Waals surface area contributed by atoms with E-state index in [4.69, 9.17) is 0 Å². The molecule has 0 aliphatic carbocycles. The van der Waals surface area contributed by atoms with E-state index in [9.17, 15) is 110 Å². The van der Waals surface area contributed by atoms with Crippen LogP contribution in [0.15, 0.2) is 122 Å². The Kier molecular flexibility index (Phi) is 27.5. The van der Waals surface area contributed by atoms with Crippen LogP contribution in [0.4, 0.5) is 70.2 Å². The largest absolute Gasteiger partial charge is 2.00 e. The molecule has 0 bridgehead atoms. The Labute approximate surface area is 477 Å². The van der Waals surface area contributed by atoms with E-state index in [0.717, 1.165) is 43.6 Å². The quantitative estimate of drug-likeness (QED) is 0.0614. The zero-order valence-corrected chi connectivity index (χ0v) is 42.1. The van der Waals surface area contributed by atoms with Gasteiger partial charge >= 0.3 is 34.1 Å². The Morgan fingerprint density at radius 3 is 0.595 bits per heavy atom. The molecule has 84 heavy (non-hydrogen) atoms. The Bertz CT molecular complexity index is 3550. The molecule has 0 spiro atoms. The topological polar surface area (TPSA) is 275 Å². The second kappa shape index (κ2) is 31.8. The number of carbonyl (C=O) groups is 4. The molecule has 4 N–H and O–H groups in total. The zero-order chi connectivity index (χ0) is 59.4. The van der Waals surface area contributed by atoms with E-state index in [1.54, 1.807) is 24.8 Å². The molecule has 4 heterocycles. The van der Waals surface area contributed by atoms with Gasteiger partial charge in [0.05, 0.1) is 45.9 Å². The van der Waals surface area contributed by atoms with Gasteiger partial charge in [-0.1, -0.05) is 48.5 Å². The average molecular weight is 1300 g/mol. The second-order valence-corrected chi connectivity index (χ2v) is 15.0. The third kappa shape index (κ3) is 16.9. The van der Waals surface area contributed by atoms with Crippen molar-refractivity contribution in [1.29, 1.82) is 0 Å². The van der Waals surface area contributed by atoms with Crippen molar-refractivity contribution in [3.63, 3.8) is 0 Å². The standard InChI is InChI=1S/2C12H8N2.4C7H2F4O2.2Cu.2H2O/c2*1-3-9-5-6-10-4-2-8-14-12(10)11(9)13-7-1;4*8-3-1-2(7(12)13)4(9)6(11)5(3)10;;;;/h2*1-8H;4*1H,(H,12,13);;;2*1H2/q;;;;;;2*+2;;/p-4. The van der Waals surface area contributed by atoms with Gasteiger partial charge in [-0.05, 0) is 48.5 Å². The maximum absolute atomic E-state index is 12.5. The minimum absolute atomic E-state index is 0. The minimum Gasteiger partial charge on any atom is -0.545 e. The van der Waals surface area contributed by atoms with E-state index in [2.05, 4.69) is 68.5 Å². The van der Waals surface area contributed by atoms with Gasteiger partial charge in [0.1, 0.15) is 0 Å². The predicted octanol–water partition coefficient (Wildman–Crippen LogP) is 6.34. The molecule has 14 nitrogen and oxygen atoms in total. The summed E-state index contributed by atoms with van der Waals surface area (Å²) in [6.07, 6.45) is 7.21.